The van der Waals surface area contributed by atoms with E-state index in [0.717, 1.165) is 60.9 Å². The minimum Gasteiger partial charge on any atom is -0.396 e. The van der Waals surface area contributed by atoms with Gasteiger partial charge in [-0.3, -0.25) is 14.7 Å². The van der Waals surface area contributed by atoms with Gasteiger partial charge >= 0.3 is 0 Å². The monoisotopic (exact) mass is 566 g/mol. The summed E-state index contributed by atoms with van der Waals surface area (Å²) in [6, 6.07) is 8.29. The first-order chi connectivity index (χ1) is 16.4. The van der Waals surface area contributed by atoms with Gasteiger partial charge in [0.05, 0.1) is 21.3 Å². The lowest BCUT2D eigenvalue weighted by Crippen LogP contribution is -2.46. The molecule has 0 bridgehead atoms. The minimum atomic E-state index is -0.252. The molecule has 0 spiro atoms. The van der Waals surface area contributed by atoms with Crippen LogP contribution in [0.2, 0.25) is 10.0 Å². The Morgan fingerprint density at radius 3 is 2.44 bits per heavy atom. The molecule has 182 valence electrons. The Hall–Kier alpha value is -1.67. The largest absolute Gasteiger partial charge is 0.396 e. The fraction of sp³-hybridized carbons (Fsp3) is 0.480. The Bertz CT molecular complexity index is 1020. The first-order valence-electron chi connectivity index (χ1n) is 11.7. The van der Waals surface area contributed by atoms with E-state index in [2.05, 4.69) is 48.4 Å². The van der Waals surface area contributed by atoms with Crippen LogP contribution in [-0.4, -0.2) is 53.3 Å². The summed E-state index contributed by atoms with van der Waals surface area (Å²) < 4.78 is 1.05. The van der Waals surface area contributed by atoms with Crippen LogP contribution in [0.4, 0.5) is 0 Å². The molecule has 2 aromatic rings. The van der Waals surface area contributed by atoms with Gasteiger partial charge in [0.1, 0.15) is 6.61 Å². The molecule has 6 nitrogen and oxygen atoms in total. The normalized spacial score (nSPS) is 18.5. The maximum atomic E-state index is 12.6. The Morgan fingerprint density at radius 2 is 1.85 bits per heavy atom. The molecule has 1 aliphatic heterocycles. The molecular formula is C25H29BrCl2N4O2. The van der Waals surface area contributed by atoms with Crippen molar-refractivity contribution in [3.63, 3.8) is 0 Å². The number of halogens is 3. The van der Waals surface area contributed by atoms with E-state index in [0.29, 0.717) is 19.1 Å². The molecule has 1 aromatic carbocycles. The number of hydrogen-bond donors (Lipinski definition) is 1. The number of rotatable bonds is 9. The number of carbonyl (C=O) groups is 1. The number of amides is 1. The van der Waals surface area contributed by atoms with Crippen molar-refractivity contribution in [1.82, 2.24) is 15.2 Å². The first kappa shape index (κ1) is 25.4. The second-order valence-corrected chi connectivity index (χ2v) is 10.6. The average molecular weight is 568 g/mol. The summed E-state index contributed by atoms with van der Waals surface area (Å²) in [5, 5.41) is 8.01. The molecule has 1 aliphatic carbocycles. The van der Waals surface area contributed by atoms with Gasteiger partial charge in [-0.1, -0.05) is 56.4 Å². The zero-order chi connectivity index (χ0) is 24.1. The van der Waals surface area contributed by atoms with Crippen LogP contribution >= 0.6 is 39.1 Å². The highest BCUT2D eigenvalue weighted by Crippen LogP contribution is 2.46. The molecule has 2 aliphatic rings. The van der Waals surface area contributed by atoms with Gasteiger partial charge in [-0.15, -0.1) is 0 Å². The number of pyridine rings is 1. The number of carbonyl (C=O) groups excluding carboxylic acids is 1. The van der Waals surface area contributed by atoms with Crippen LogP contribution in [0.1, 0.15) is 54.9 Å². The third-order valence-corrected chi connectivity index (χ3v) is 7.87. The van der Waals surface area contributed by atoms with Crippen molar-refractivity contribution in [2.24, 2.45) is 11.1 Å². The van der Waals surface area contributed by atoms with Crippen LogP contribution in [0, 0.1) is 5.92 Å². The number of nitrogens with zero attached hydrogens (tertiary/aromatic N) is 3. The van der Waals surface area contributed by atoms with Crippen molar-refractivity contribution in [2.75, 3.05) is 26.2 Å². The fourth-order valence-electron chi connectivity index (χ4n) is 4.74. The number of nitrogens with one attached hydrogen (secondary N) is 1. The highest BCUT2D eigenvalue weighted by Gasteiger charge is 2.48. The van der Waals surface area contributed by atoms with E-state index in [1.54, 1.807) is 0 Å². The van der Waals surface area contributed by atoms with Crippen molar-refractivity contribution >= 4 is 50.8 Å². The Balaban J connectivity index is 1.32. The SMILES string of the molecule is CCO/N=C(/c1ccc(Br)cc1)C1CCN(C2(CCNC(=O)c3c(Cl)cncc3Cl)CC2)CC1. The van der Waals surface area contributed by atoms with Gasteiger partial charge in [0, 0.05) is 34.9 Å². The molecule has 1 saturated heterocycles. The molecule has 0 atom stereocenters. The van der Waals surface area contributed by atoms with E-state index < -0.39 is 0 Å². The number of likely N-dealkylation sites (tertiary alicyclic amines) is 1. The quantitative estimate of drug-likeness (QED) is 0.300. The average Bonchev–Trinajstić information content (AvgIpc) is 3.62. The third-order valence-electron chi connectivity index (χ3n) is 6.77. The lowest BCUT2D eigenvalue weighted by atomic mass is 9.87. The van der Waals surface area contributed by atoms with Crippen molar-refractivity contribution in [2.45, 2.75) is 44.6 Å². The summed E-state index contributed by atoms with van der Waals surface area (Å²) in [7, 11) is 0. The Kier molecular flexibility index (Phi) is 8.51. The first-order valence-corrected chi connectivity index (χ1v) is 13.3. The van der Waals surface area contributed by atoms with Crippen LogP contribution < -0.4 is 5.32 Å². The third kappa shape index (κ3) is 5.93. The highest BCUT2D eigenvalue weighted by atomic mass is 79.9. The van der Waals surface area contributed by atoms with Crippen LogP contribution in [-0.2, 0) is 4.84 Å². The maximum Gasteiger partial charge on any atom is 0.254 e. The van der Waals surface area contributed by atoms with Crippen molar-refractivity contribution in [3.8, 4) is 0 Å². The topological polar surface area (TPSA) is 66.8 Å². The van der Waals surface area contributed by atoms with Crippen LogP contribution in [0.3, 0.4) is 0 Å². The lowest BCUT2D eigenvalue weighted by molar-refractivity contribution is 0.0934. The molecule has 1 amide bonds. The van der Waals surface area contributed by atoms with Crippen LogP contribution in [0.15, 0.2) is 46.3 Å². The summed E-state index contributed by atoms with van der Waals surface area (Å²) in [4.78, 5) is 24.6. The predicted octanol–water partition coefficient (Wildman–Crippen LogP) is 5.96. The predicted molar refractivity (Wildman–Crippen MR) is 140 cm³/mol. The smallest absolute Gasteiger partial charge is 0.254 e. The van der Waals surface area contributed by atoms with Crippen molar-refractivity contribution in [3.05, 3.63) is 62.3 Å². The summed E-state index contributed by atoms with van der Waals surface area (Å²) in [6.45, 7) is 5.13. The molecule has 4 rings (SSSR count). The summed E-state index contributed by atoms with van der Waals surface area (Å²) >= 11 is 15.7. The van der Waals surface area contributed by atoms with E-state index in [4.69, 9.17) is 28.0 Å². The summed E-state index contributed by atoms with van der Waals surface area (Å²) in [5.41, 5.74) is 2.63. The number of aromatic nitrogens is 1. The number of piperidine rings is 1. The van der Waals surface area contributed by atoms with Gasteiger partial charge in [0.2, 0.25) is 0 Å². The molecular weight excluding hydrogens is 539 g/mol. The van der Waals surface area contributed by atoms with E-state index >= 15 is 0 Å². The van der Waals surface area contributed by atoms with Crippen molar-refractivity contribution < 1.29 is 9.63 Å². The molecule has 1 saturated carbocycles. The standard InChI is InChI=1S/C25H29BrCl2N4O2/c1-2-34-31-23(17-3-5-19(26)6-4-17)18-7-13-32(14-8-18)25(9-10-25)11-12-30-24(33)22-20(27)15-29-16-21(22)28/h3-6,15-16,18H,2,7-14H2,1H3,(H,30,33)/b31-23-. The fourth-order valence-corrected chi connectivity index (χ4v) is 5.54. The van der Waals surface area contributed by atoms with E-state index in [1.807, 2.05) is 19.1 Å². The number of hydrogen-bond acceptors (Lipinski definition) is 5. The van der Waals surface area contributed by atoms with Gasteiger partial charge in [-0.25, -0.2) is 0 Å². The van der Waals surface area contributed by atoms with Crippen LogP contribution in [0.5, 0.6) is 0 Å². The van der Waals surface area contributed by atoms with Gasteiger partial charge in [0.25, 0.3) is 5.91 Å². The Morgan fingerprint density at radius 1 is 1.21 bits per heavy atom. The summed E-state index contributed by atoms with van der Waals surface area (Å²) in [6.07, 6.45) is 8.19. The second-order valence-electron chi connectivity index (χ2n) is 8.87. The Labute approximate surface area is 219 Å². The van der Waals surface area contributed by atoms with E-state index in [-0.39, 0.29) is 27.1 Å². The number of benzene rings is 1. The molecule has 2 heterocycles. The molecule has 34 heavy (non-hydrogen) atoms. The molecule has 1 N–H and O–H groups in total. The van der Waals surface area contributed by atoms with Gasteiger partial charge in [-0.2, -0.15) is 0 Å². The van der Waals surface area contributed by atoms with E-state index in [1.165, 1.54) is 12.4 Å². The lowest BCUT2D eigenvalue weighted by Gasteiger charge is -2.38. The van der Waals surface area contributed by atoms with Crippen molar-refractivity contribution in [1.29, 1.82) is 0 Å². The molecule has 9 heteroatoms. The van der Waals surface area contributed by atoms with Gasteiger partial charge in [0.15, 0.2) is 0 Å². The zero-order valence-corrected chi connectivity index (χ0v) is 22.3. The molecule has 0 radical (unpaired) electrons. The van der Waals surface area contributed by atoms with E-state index in [9.17, 15) is 4.79 Å². The molecule has 1 aromatic heterocycles. The van der Waals surface area contributed by atoms with Gasteiger partial charge in [-0.05, 0) is 69.8 Å². The summed E-state index contributed by atoms with van der Waals surface area (Å²) in [5.74, 6) is 0.119. The van der Waals surface area contributed by atoms with Crippen LogP contribution in [0.25, 0.3) is 0 Å². The molecule has 0 unspecified atom stereocenters. The highest BCUT2D eigenvalue weighted by molar-refractivity contribution is 9.10. The number of oxime groups is 1. The molecule has 2 fully saturated rings. The minimum absolute atomic E-state index is 0.179. The maximum absolute atomic E-state index is 12.6. The van der Waals surface area contributed by atoms with Gasteiger partial charge < -0.3 is 10.2 Å². The second kappa shape index (κ2) is 11.4. The zero-order valence-electron chi connectivity index (χ0n) is 19.2.